The van der Waals surface area contributed by atoms with E-state index in [0.29, 0.717) is 0 Å². The molecule has 1 aliphatic heterocycles. The van der Waals surface area contributed by atoms with Crippen molar-refractivity contribution in [1.29, 1.82) is 0 Å². The van der Waals surface area contributed by atoms with Gasteiger partial charge in [-0.25, -0.2) is 0 Å². The van der Waals surface area contributed by atoms with Crippen LogP contribution in [0, 0.1) is 0 Å². The van der Waals surface area contributed by atoms with Crippen LogP contribution in [-0.2, 0) is 6.54 Å². The molecule has 0 spiro atoms. The Hall–Kier alpha value is -0.730. The average Bonchev–Trinajstić information content (AvgIpc) is 2.61. The molecule has 1 N–H and O–H groups in total. The summed E-state index contributed by atoms with van der Waals surface area (Å²) >= 11 is 6.31. The zero-order valence-corrected chi connectivity index (χ0v) is 11.6. The van der Waals surface area contributed by atoms with E-state index in [-0.39, 0.29) is 5.54 Å². The molecule has 17 heavy (non-hydrogen) atoms. The maximum Gasteiger partial charge on any atom is 0.0471 e. The van der Waals surface area contributed by atoms with E-state index in [1.54, 1.807) is 0 Å². The van der Waals surface area contributed by atoms with Gasteiger partial charge in [0.25, 0.3) is 0 Å². The van der Waals surface area contributed by atoms with Crippen molar-refractivity contribution in [1.82, 2.24) is 5.32 Å². The Kier molecular flexibility index (Phi) is 3.64. The lowest BCUT2D eigenvalue weighted by molar-refractivity contribution is 0.518. The minimum Gasteiger partial charge on any atom is -0.366 e. The molecular weight excluding hydrogens is 232 g/mol. The number of nitrogens with zero attached hydrogens (tertiary/aromatic N) is 1. The first-order chi connectivity index (χ1) is 8.04. The van der Waals surface area contributed by atoms with Gasteiger partial charge in [-0.1, -0.05) is 17.7 Å². The molecule has 1 saturated heterocycles. The second kappa shape index (κ2) is 4.87. The van der Waals surface area contributed by atoms with Gasteiger partial charge in [0, 0.05) is 29.3 Å². The summed E-state index contributed by atoms with van der Waals surface area (Å²) in [5, 5.41) is 3.99. The van der Waals surface area contributed by atoms with Crippen molar-refractivity contribution in [3.05, 3.63) is 28.8 Å². The van der Waals surface area contributed by atoms with Crippen molar-refractivity contribution < 1.29 is 0 Å². The van der Waals surface area contributed by atoms with E-state index in [9.17, 15) is 0 Å². The Bertz CT molecular complexity index is 401. The van der Waals surface area contributed by atoms with Crippen LogP contribution in [0.2, 0.25) is 5.02 Å². The fraction of sp³-hybridized carbons (Fsp3) is 0.571. The number of rotatable bonds is 3. The molecule has 0 bridgehead atoms. The van der Waals surface area contributed by atoms with E-state index in [2.05, 4.69) is 42.3 Å². The molecule has 0 unspecified atom stereocenters. The number of anilines is 1. The van der Waals surface area contributed by atoms with Gasteiger partial charge in [0.05, 0.1) is 0 Å². The molecule has 0 atom stereocenters. The number of nitrogens with one attached hydrogen (secondary N) is 1. The number of hydrogen-bond donors (Lipinski definition) is 1. The molecule has 0 saturated carbocycles. The van der Waals surface area contributed by atoms with Crippen molar-refractivity contribution >= 4 is 17.3 Å². The van der Waals surface area contributed by atoms with Gasteiger partial charge in [-0.15, -0.1) is 0 Å². The third kappa shape index (κ3) is 2.58. The zero-order valence-electron chi connectivity index (χ0n) is 10.9. The van der Waals surface area contributed by atoms with E-state index in [4.69, 9.17) is 11.6 Å². The van der Waals surface area contributed by atoms with E-state index < -0.39 is 0 Å². The van der Waals surface area contributed by atoms with Crippen LogP contribution < -0.4 is 10.2 Å². The molecule has 1 aromatic rings. The minimum atomic E-state index is 0.258. The molecule has 1 aromatic carbocycles. The first kappa shape index (κ1) is 12.7. The van der Waals surface area contributed by atoms with Gasteiger partial charge in [-0.05, 0) is 51.4 Å². The van der Waals surface area contributed by atoms with Gasteiger partial charge < -0.3 is 10.2 Å². The first-order valence-electron chi connectivity index (χ1n) is 6.25. The highest BCUT2D eigenvalue weighted by molar-refractivity contribution is 6.31. The second-order valence-electron chi connectivity index (χ2n) is 5.37. The van der Waals surface area contributed by atoms with Crippen molar-refractivity contribution in [3.63, 3.8) is 0 Å². The Morgan fingerprint density at radius 1 is 1.41 bits per heavy atom. The minimum absolute atomic E-state index is 0.258. The standard InChI is InChI=1S/C14H21ClN2/c1-14(2)7-4-8-17(14)12-6-5-11(10-16-3)13(15)9-12/h5-6,9,16H,4,7-8,10H2,1-3H3. The Labute approximate surface area is 109 Å². The predicted molar refractivity (Wildman–Crippen MR) is 74.9 cm³/mol. The third-order valence-corrected chi connectivity index (χ3v) is 3.97. The van der Waals surface area contributed by atoms with Crippen molar-refractivity contribution in [2.24, 2.45) is 0 Å². The van der Waals surface area contributed by atoms with Crippen LogP contribution in [0.25, 0.3) is 0 Å². The van der Waals surface area contributed by atoms with Crippen LogP contribution in [0.5, 0.6) is 0 Å². The smallest absolute Gasteiger partial charge is 0.0471 e. The molecule has 0 aliphatic carbocycles. The highest BCUT2D eigenvalue weighted by atomic mass is 35.5. The summed E-state index contributed by atoms with van der Waals surface area (Å²) in [4.78, 5) is 2.46. The van der Waals surface area contributed by atoms with Crippen LogP contribution in [0.4, 0.5) is 5.69 Å². The van der Waals surface area contributed by atoms with Gasteiger partial charge >= 0.3 is 0 Å². The van der Waals surface area contributed by atoms with E-state index in [1.807, 2.05) is 7.05 Å². The van der Waals surface area contributed by atoms with E-state index >= 15 is 0 Å². The normalized spacial score (nSPS) is 18.7. The topological polar surface area (TPSA) is 15.3 Å². The van der Waals surface area contributed by atoms with Gasteiger partial charge in [-0.2, -0.15) is 0 Å². The molecule has 0 aromatic heterocycles. The van der Waals surface area contributed by atoms with Crippen LogP contribution in [0.3, 0.4) is 0 Å². The monoisotopic (exact) mass is 252 g/mol. The van der Waals surface area contributed by atoms with Gasteiger partial charge in [0.15, 0.2) is 0 Å². The summed E-state index contributed by atoms with van der Waals surface area (Å²) in [6, 6.07) is 6.41. The van der Waals surface area contributed by atoms with Crippen LogP contribution in [0.1, 0.15) is 32.3 Å². The molecule has 2 rings (SSSR count). The van der Waals surface area contributed by atoms with E-state index in [0.717, 1.165) is 23.7 Å². The lowest BCUT2D eigenvalue weighted by Gasteiger charge is -2.34. The van der Waals surface area contributed by atoms with E-state index in [1.165, 1.54) is 18.5 Å². The average molecular weight is 253 g/mol. The van der Waals surface area contributed by atoms with Crippen molar-refractivity contribution in [2.75, 3.05) is 18.5 Å². The highest BCUT2D eigenvalue weighted by Crippen LogP contribution is 2.35. The molecule has 2 nitrogen and oxygen atoms in total. The number of benzene rings is 1. The Balaban J connectivity index is 2.25. The SMILES string of the molecule is CNCc1ccc(N2CCCC2(C)C)cc1Cl. The Morgan fingerprint density at radius 3 is 2.71 bits per heavy atom. The summed E-state index contributed by atoms with van der Waals surface area (Å²) in [7, 11) is 1.94. The van der Waals surface area contributed by atoms with Crippen molar-refractivity contribution in [2.45, 2.75) is 38.8 Å². The van der Waals surface area contributed by atoms with Gasteiger partial charge in [0.1, 0.15) is 0 Å². The maximum absolute atomic E-state index is 6.31. The fourth-order valence-electron chi connectivity index (χ4n) is 2.62. The molecule has 1 heterocycles. The van der Waals surface area contributed by atoms with Crippen molar-refractivity contribution in [3.8, 4) is 0 Å². The van der Waals surface area contributed by atoms with Crippen LogP contribution in [0.15, 0.2) is 18.2 Å². The maximum atomic E-state index is 6.31. The van der Waals surface area contributed by atoms with Gasteiger partial charge in [0.2, 0.25) is 0 Å². The fourth-order valence-corrected chi connectivity index (χ4v) is 2.87. The number of hydrogen-bond acceptors (Lipinski definition) is 2. The molecule has 0 radical (unpaired) electrons. The highest BCUT2D eigenvalue weighted by Gasteiger charge is 2.31. The molecule has 1 aliphatic rings. The predicted octanol–water partition coefficient (Wildman–Crippen LogP) is 3.44. The molecular formula is C14H21ClN2. The molecule has 94 valence electrons. The molecule has 3 heteroatoms. The van der Waals surface area contributed by atoms with Crippen LogP contribution in [-0.4, -0.2) is 19.1 Å². The Morgan fingerprint density at radius 2 is 2.18 bits per heavy atom. The number of halogens is 1. The van der Waals surface area contributed by atoms with Crippen LogP contribution >= 0.6 is 11.6 Å². The summed E-state index contributed by atoms with van der Waals surface area (Å²) in [6.07, 6.45) is 2.52. The largest absolute Gasteiger partial charge is 0.366 e. The summed E-state index contributed by atoms with van der Waals surface area (Å²) in [6.45, 7) is 6.56. The second-order valence-corrected chi connectivity index (χ2v) is 5.78. The van der Waals surface area contributed by atoms with Gasteiger partial charge in [-0.3, -0.25) is 0 Å². The molecule has 0 amide bonds. The summed E-state index contributed by atoms with van der Waals surface area (Å²) in [5.74, 6) is 0. The lowest BCUT2D eigenvalue weighted by Crippen LogP contribution is -2.38. The summed E-state index contributed by atoms with van der Waals surface area (Å²) < 4.78 is 0. The third-order valence-electron chi connectivity index (χ3n) is 3.62. The quantitative estimate of drug-likeness (QED) is 0.887. The lowest BCUT2D eigenvalue weighted by atomic mass is 10.0. The zero-order chi connectivity index (χ0) is 12.5. The first-order valence-corrected chi connectivity index (χ1v) is 6.63. The summed E-state index contributed by atoms with van der Waals surface area (Å²) in [5.41, 5.74) is 2.67. The molecule has 1 fully saturated rings.